The highest BCUT2D eigenvalue weighted by atomic mass is 32.1. The summed E-state index contributed by atoms with van der Waals surface area (Å²) < 4.78 is 12.3. The van der Waals surface area contributed by atoms with Gasteiger partial charge in [-0.3, -0.25) is 14.9 Å². The zero-order valence-corrected chi connectivity index (χ0v) is 17.2. The zero-order chi connectivity index (χ0) is 20.5. The molecule has 1 aromatic carbocycles. The summed E-state index contributed by atoms with van der Waals surface area (Å²) in [5.74, 6) is 1.32. The Morgan fingerprint density at radius 1 is 1.10 bits per heavy atom. The molecule has 0 radical (unpaired) electrons. The highest BCUT2D eigenvalue weighted by Gasteiger charge is 2.35. The van der Waals surface area contributed by atoms with Crippen LogP contribution in [0.1, 0.15) is 28.4 Å². The lowest BCUT2D eigenvalue weighted by molar-refractivity contribution is 0.0967. The van der Waals surface area contributed by atoms with Crippen molar-refractivity contribution in [3.63, 3.8) is 0 Å². The van der Waals surface area contributed by atoms with E-state index in [0.29, 0.717) is 41.2 Å². The van der Waals surface area contributed by atoms with Crippen LogP contribution in [-0.4, -0.2) is 47.8 Å². The molecule has 29 heavy (non-hydrogen) atoms. The molecule has 1 saturated heterocycles. The second-order valence-corrected chi connectivity index (χ2v) is 7.85. The maximum absolute atomic E-state index is 12.7. The number of pyridine rings is 1. The Kier molecular flexibility index (Phi) is 5.27. The molecule has 2 aliphatic rings. The van der Waals surface area contributed by atoms with Gasteiger partial charge in [-0.1, -0.05) is 6.07 Å². The fraction of sp³-hybridized carbons (Fsp3) is 0.381. The summed E-state index contributed by atoms with van der Waals surface area (Å²) in [4.78, 5) is 26.9. The van der Waals surface area contributed by atoms with Gasteiger partial charge in [-0.15, -0.1) is 0 Å². The summed E-state index contributed by atoms with van der Waals surface area (Å²) in [7, 11) is 3.08. The number of amides is 1. The molecule has 4 rings (SSSR count). The molecule has 0 spiro atoms. The largest absolute Gasteiger partial charge is 0.497 e. The third kappa shape index (κ3) is 3.85. The van der Waals surface area contributed by atoms with Crippen molar-refractivity contribution in [3.05, 3.63) is 58.0 Å². The number of rotatable bonds is 3. The van der Waals surface area contributed by atoms with E-state index in [4.69, 9.17) is 21.7 Å². The van der Waals surface area contributed by atoms with E-state index in [9.17, 15) is 9.59 Å². The number of thiocarbonyl (C=S) groups is 1. The van der Waals surface area contributed by atoms with Crippen LogP contribution < -0.4 is 20.3 Å². The lowest BCUT2D eigenvalue weighted by atomic mass is 9.83. The molecular formula is C21H23N3O4S. The van der Waals surface area contributed by atoms with Crippen molar-refractivity contribution in [2.24, 2.45) is 5.92 Å². The van der Waals surface area contributed by atoms with Crippen LogP contribution >= 0.6 is 12.2 Å². The molecule has 2 atom stereocenters. The Morgan fingerprint density at radius 3 is 2.52 bits per heavy atom. The number of ether oxygens (including phenoxy) is 2. The minimum atomic E-state index is -0.306. The van der Waals surface area contributed by atoms with E-state index in [1.54, 1.807) is 24.3 Å². The van der Waals surface area contributed by atoms with Crippen molar-refractivity contribution in [1.29, 1.82) is 0 Å². The SMILES string of the molecule is COc1cc(OC)cc(C(=O)NC(=S)N2CC3CC(C2)c2cccc(=O)n2C3)c1. The second-order valence-electron chi connectivity index (χ2n) is 7.46. The first kappa shape index (κ1) is 19.4. The Labute approximate surface area is 174 Å². The lowest BCUT2D eigenvalue weighted by Gasteiger charge is -2.43. The van der Waals surface area contributed by atoms with Crippen LogP contribution in [0, 0.1) is 5.92 Å². The normalized spacial score (nSPS) is 19.9. The molecule has 2 aromatic rings. The van der Waals surface area contributed by atoms with Crippen LogP contribution in [0.3, 0.4) is 0 Å². The first-order valence-electron chi connectivity index (χ1n) is 9.51. The number of benzene rings is 1. The van der Waals surface area contributed by atoms with Gasteiger partial charge in [0.25, 0.3) is 11.5 Å². The number of carbonyl (C=O) groups excluding carboxylic acids is 1. The Balaban J connectivity index is 1.49. The smallest absolute Gasteiger partial charge is 0.257 e. The van der Waals surface area contributed by atoms with Gasteiger partial charge in [-0.2, -0.15) is 0 Å². The minimum absolute atomic E-state index is 0.0495. The van der Waals surface area contributed by atoms with Gasteiger partial charge in [-0.05, 0) is 42.8 Å². The van der Waals surface area contributed by atoms with E-state index in [1.165, 1.54) is 14.2 Å². The highest BCUT2D eigenvalue weighted by Crippen LogP contribution is 2.35. The van der Waals surface area contributed by atoms with Gasteiger partial charge in [0.1, 0.15) is 11.5 Å². The molecule has 1 N–H and O–H groups in total. The molecule has 0 saturated carbocycles. The number of nitrogens with one attached hydrogen (secondary N) is 1. The van der Waals surface area contributed by atoms with E-state index in [0.717, 1.165) is 18.7 Å². The molecule has 0 aliphatic carbocycles. The number of carbonyl (C=O) groups is 1. The van der Waals surface area contributed by atoms with E-state index < -0.39 is 0 Å². The molecule has 1 aromatic heterocycles. The highest BCUT2D eigenvalue weighted by molar-refractivity contribution is 7.80. The summed E-state index contributed by atoms with van der Waals surface area (Å²) >= 11 is 5.54. The van der Waals surface area contributed by atoms with Crippen molar-refractivity contribution in [1.82, 2.24) is 14.8 Å². The molecular weight excluding hydrogens is 390 g/mol. The number of likely N-dealkylation sites (tertiary alicyclic amines) is 1. The number of hydrogen-bond donors (Lipinski definition) is 1. The van der Waals surface area contributed by atoms with Crippen LogP contribution in [-0.2, 0) is 6.54 Å². The van der Waals surface area contributed by atoms with Crippen LogP contribution in [0.15, 0.2) is 41.2 Å². The number of piperidine rings is 1. The quantitative estimate of drug-likeness (QED) is 0.776. The Morgan fingerprint density at radius 2 is 1.83 bits per heavy atom. The van der Waals surface area contributed by atoms with Crippen LogP contribution in [0.25, 0.3) is 0 Å². The van der Waals surface area contributed by atoms with Gasteiger partial charge in [0, 0.05) is 48.9 Å². The summed E-state index contributed by atoms with van der Waals surface area (Å²) in [6.45, 7) is 2.09. The number of nitrogens with zero attached hydrogens (tertiary/aromatic N) is 2. The summed E-state index contributed by atoms with van der Waals surface area (Å²) in [5.41, 5.74) is 1.51. The monoisotopic (exact) mass is 413 g/mol. The predicted octanol–water partition coefficient (Wildman–Crippen LogP) is 2.00. The van der Waals surface area contributed by atoms with Crippen LogP contribution in [0.5, 0.6) is 11.5 Å². The van der Waals surface area contributed by atoms with Gasteiger partial charge in [-0.25, -0.2) is 0 Å². The van der Waals surface area contributed by atoms with Crippen LogP contribution in [0.2, 0.25) is 0 Å². The van der Waals surface area contributed by atoms with E-state index in [-0.39, 0.29) is 17.4 Å². The first-order chi connectivity index (χ1) is 14.0. The van der Waals surface area contributed by atoms with Crippen molar-refractivity contribution < 1.29 is 14.3 Å². The molecule has 152 valence electrons. The zero-order valence-electron chi connectivity index (χ0n) is 16.4. The van der Waals surface area contributed by atoms with Crippen LogP contribution in [0.4, 0.5) is 0 Å². The molecule has 8 heteroatoms. The molecule has 2 aliphatic heterocycles. The summed E-state index contributed by atoms with van der Waals surface area (Å²) in [6.07, 6.45) is 1.03. The second kappa shape index (κ2) is 7.87. The maximum atomic E-state index is 12.7. The average molecular weight is 413 g/mol. The van der Waals surface area contributed by atoms with Gasteiger partial charge in [0.15, 0.2) is 5.11 Å². The average Bonchev–Trinajstić information content (AvgIpc) is 2.73. The lowest BCUT2D eigenvalue weighted by Crippen LogP contribution is -2.52. The van der Waals surface area contributed by atoms with Crippen molar-refractivity contribution in [3.8, 4) is 11.5 Å². The van der Waals surface area contributed by atoms with Gasteiger partial charge >= 0.3 is 0 Å². The fourth-order valence-corrected chi connectivity index (χ4v) is 4.49. The van der Waals surface area contributed by atoms with E-state index >= 15 is 0 Å². The molecule has 1 fully saturated rings. The van der Waals surface area contributed by atoms with Crippen molar-refractivity contribution >= 4 is 23.2 Å². The number of methoxy groups -OCH3 is 2. The van der Waals surface area contributed by atoms with E-state index in [2.05, 4.69) is 5.32 Å². The number of fused-ring (bicyclic) bond motifs is 4. The minimum Gasteiger partial charge on any atom is -0.497 e. The number of hydrogen-bond acceptors (Lipinski definition) is 5. The van der Waals surface area contributed by atoms with Crippen molar-refractivity contribution in [2.75, 3.05) is 27.3 Å². The number of aromatic nitrogens is 1. The predicted molar refractivity (Wildman–Crippen MR) is 113 cm³/mol. The Hall–Kier alpha value is -2.87. The van der Waals surface area contributed by atoms with Crippen molar-refractivity contribution in [2.45, 2.75) is 18.9 Å². The molecule has 1 amide bonds. The molecule has 3 heterocycles. The first-order valence-corrected chi connectivity index (χ1v) is 9.92. The summed E-state index contributed by atoms with van der Waals surface area (Å²) in [5, 5.41) is 3.23. The third-order valence-electron chi connectivity index (χ3n) is 5.60. The molecule has 2 bridgehead atoms. The molecule has 7 nitrogen and oxygen atoms in total. The van der Waals surface area contributed by atoms with Gasteiger partial charge < -0.3 is 18.9 Å². The topological polar surface area (TPSA) is 72.8 Å². The maximum Gasteiger partial charge on any atom is 0.257 e. The summed E-state index contributed by atoms with van der Waals surface area (Å²) in [6, 6.07) is 10.4. The van der Waals surface area contributed by atoms with Gasteiger partial charge in [0.2, 0.25) is 0 Å². The molecule has 2 unspecified atom stereocenters. The Bertz CT molecular complexity index is 997. The van der Waals surface area contributed by atoms with E-state index in [1.807, 2.05) is 21.6 Å². The van der Waals surface area contributed by atoms with Gasteiger partial charge in [0.05, 0.1) is 14.2 Å². The third-order valence-corrected chi connectivity index (χ3v) is 5.96. The standard InChI is InChI=1S/C21H23N3O4S/c1-27-16-7-14(8-17(9-16)28-2)20(26)22-21(29)23-10-13-6-15(12-23)18-4-3-5-19(25)24(18)11-13/h3-5,7-9,13,15H,6,10-12H2,1-2H3,(H,22,26,29). The fourth-order valence-electron chi connectivity index (χ4n) is 4.25.